The number of carbonyl (C=O) groups excluding carboxylic acids is 1. The molecule has 1 amide bonds. The lowest BCUT2D eigenvalue weighted by Gasteiger charge is -2.31. The van der Waals surface area contributed by atoms with Crippen LogP contribution in [0.25, 0.3) is 0 Å². The zero-order valence-corrected chi connectivity index (χ0v) is 15.3. The highest BCUT2D eigenvalue weighted by molar-refractivity contribution is 8.00. The molecule has 2 aliphatic heterocycles. The van der Waals surface area contributed by atoms with Crippen LogP contribution in [0.3, 0.4) is 0 Å². The summed E-state index contributed by atoms with van der Waals surface area (Å²) in [5.74, 6) is 1.57. The molecule has 1 N–H and O–H groups in total. The number of benzene rings is 1. The van der Waals surface area contributed by atoms with E-state index in [-0.39, 0.29) is 10.8 Å². The van der Waals surface area contributed by atoms with Crippen LogP contribution >= 0.6 is 11.8 Å². The lowest BCUT2D eigenvalue weighted by atomic mass is 9.86. The van der Waals surface area contributed by atoms with Crippen LogP contribution in [-0.4, -0.2) is 36.2 Å². The summed E-state index contributed by atoms with van der Waals surface area (Å²) < 4.78 is 0. The molecule has 0 saturated carbocycles. The van der Waals surface area contributed by atoms with Gasteiger partial charge in [0.2, 0.25) is 5.91 Å². The van der Waals surface area contributed by atoms with E-state index in [1.165, 1.54) is 24.0 Å². The van der Waals surface area contributed by atoms with E-state index in [0.29, 0.717) is 17.6 Å². The van der Waals surface area contributed by atoms with Gasteiger partial charge in [0.15, 0.2) is 0 Å². The van der Waals surface area contributed by atoms with Crippen molar-refractivity contribution in [1.82, 2.24) is 10.2 Å². The van der Waals surface area contributed by atoms with Gasteiger partial charge in [-0.05, 0) is 48.4 Å². The summed E-state index contributed by atoms with van der Waals surface area (Å²) >= 11 is 1.77. The predicted octanol–water partition coefficient (Wildman–Crippen LogP) is 3.56. The van der Waals surface area contributed by atoms with Gasteiger partial charge in [-0.15, -0.1) is 11.8 Å². The standard InChI is InChI=1S/C19H28N2OS/c1-19(2,3)16-6-4-15(5-7-16)18-21(17(22)13-23-18)12-14-8-10-20-11-9-14/h4-7,14,18,20H,8-13H2,1-3H3. The van der Waals surface area contributed by atoms with Crippen LogP contribution in [0.4, 0.5) is 0 Å². The number of thioether (sulfide) groups is 1. The maximum absolute atomic E-state index is 12.3. The summed E-state index contributed by atoms with van der Waals surface area (Å²) in [6.45, 7) is 9.80. The Morgan fingerprint density at radius 2 is 1.83 bits per heavy atom. The number of piperidine rings is 1. The predicted molar refractivity (Wildman–Crippen MR) is 97.6 cm³/mol. The fraction of sp³-hybridized carbons (Fsp3) is 0.632. The molecule has 1 atom stereocenters. The van der Waals surface area contributed by atoms with Gasteiger partial charge in [-0.1, -0.05) is 45.0 Å². The van der Waals surface area contributed by atoms with Gasteiger partial charge in [-0.25, -0.2) is 0 Å². The third-order valence-corrected chi connectivity index (χ3v) is 6.20. The van der Waals surface area contributed by atoms with E-state index in [1.807, 2.05) is 0 Å². The minimum Gasteiger partial charge on any atom is -0.326 e. The van der Waals surface area contributed by atoms with Crippen LogP contribution in [-0.2, 0) is 10.2 Å². The van der Waals surface area contributed by atoms with Crippen molar-refractivity contribution in [3.63, 3.8) is 0 Å². The first-order valence-corrected chi connectivity index (χ1v) is 9.72. The Labute approximate surface area is 144 Å². The maximum Gasteiger partial charge on any atom is 0.233 e. The number of amides is 1. The molecule has 3 nitrogen and oxygen atoms in total. The van der Waals surface area contributed by atoms with E-state index in [0.717, 1.165) is 19.6 Å². The minimum atomic E-state index is 0.173. The quantitative estimate of drug-likeness (QED) is 0.918. The van der Waals surface area contributed by atoms with Crippen molar-refractivity contribution in [2.75, 3.05) is 25.4 Å². The normalized spacial score (nSPS) is 23.5. The Kier molecular flexibility index (Phi) is 5.02. The van der Waals surface area contributed by atoms with Crippen molar-refractivity contribution in [1.29, 1.82) is 0 Å². The Balaban J connectivity index is 1.73. The highest BCUT2D eigenvalue weighted by Gasteiger charge is 2.34. The van der Waals surface area contributed by atoms with E-state index in [9.17, 15) is 4.79 Å². The summed E-state index contributed by atoms with van der Waals surface area (Å²) in [6.07, 6.45) is 2.37. The molecule has 2 fully saturated rings. The molecule has 0 aliphatic carbocycles. The van der Waals surface area contributed by atoms with Gasteiger partial charge in [0.1, 0.15) is 5.37 Å². The summed E-state index contributed by atoms with van der Waals surface area (Å²) in [5.41, 5.74) is 2.79. The molecule has 2 heterocycles. The van der Waals surface area contributed by atoms with Crippen LogP contribution in [0.2, 0.25) is 0 Å². The highest BCUT2D eigenvalue weighted by Crippen LogP contribution is 2.40. The molecule has 4 heteroatoms. The van der Waals surface area contributed by atoms with E-state index >= 15 is 0 Å². The Morgan fingerprint density at radius 3 is 2.43 bits per heavy atom. The lowest BCUT2D eigenvalue weighted by molar-refractivity contribution is -0.128. The monoisotopic (exact) mass is 332 g/mol. The summed E-state index contributed by atoms with van der Waals surface area (Å²) in [4.78, 5) is 14.5. The number of hydrogen-bond acceptors (Lipinski definition) is 3. The Bertz CT molecular complexity index is 543. The van der Waals surface area contributed by atoms with Crippen molar-refractivity contribution in [2.24, 2.45) is 5.92 Å². The molecule has 126 valence electrons. The van der Waals surface area contributed by atoms with E-state index in [4.69, 9.17) is 0 Å². The molecule has 1 aromatic carbocycles. The first kappa shape index (κ1) is 16.8. The first-order chi connectivity index (χ1) is 10.9. The van der Waals surface area contributed by atoms with Crippen LogP contribution < -0.4 is 5.32 Å². The molecule has 1 unspecified atom stereocenters. The summed E-state index contributed by atoms with van der Waals surface area (Å²) in [6, 6.07) is 8.88. The van der Waals surface area contributed by atoms with Crippen LogP contribution in [0.5, 0.6) is 0 Å². The topological polar surface area (TPSA) is 32.3 Å². The molecule has 1 aromatic rings. The maximum atomic E-state index is 12.3. The first-order valence-electron chi connectivity index (χ1n) is 8.67. The van der Waals surface area contributed by atoms with Crippen molar-refractivity contribution in [3.8, 4) is 0 Å². The fourth-order valence-corrected chi connectivity index (χ4v) is 4.62. The average Bonchev–Trinajstić information content (AvgIpc) is 2.89. The minimum absolute atomic E-state index is 0.173. The lowest BCUT2D eigenvalue weighted by Crippen LogP contribution is -2.38. The number of nitrogens with one attached hydrogen (secondary N) is 1. The van der Waals surface area contributed by atoms with Gasteiger partial charge in [0.05, 0.1) is 5.75 Å². The van der Waals surface area contributed by atoms with E-state index in [2.05, 4.69) is 55.3 Å². The molecule has 0 radical (unpaired) electrons. The Morgan fingerprint density at radius 1 is 1.17 bits per heavy atom. The third kappa shape index (κ3) is 3.92. The molecular weight excluding hydrogens is 304 g/mol. The van der Waals surface area contributed by atoms with Gasteiger partial charge in [-0.3, -0.25) is 4.79 Å². The third-order valence-electron chi connectivity index (χ3n) is 4.94. The number of carbonyl (C=O) groups is 1. The largest absolute Gasteiger partial charge is 0.326 e. The molecule has 3 rings (SSSR count). The number of nitrogens with zero attached hydrogens (tertiary/aromatic N) is 1. The zero-order valence-electron chi connectivity index (χ0n) is 14.5. The molecule has 23 heavy (non-hydrogen) atoms. The number of hydrogen-bond donors (Lipinski definition) is 1. The second-order valence-corrected chi connectivity index (χ2v) is 8.84. The van der Waals surface area contributed by atoms with Crippen LogP contribution in [0.1, 0.15) is 50.1 Å². The molecule has 0 aromatic heterocycles. The van der Waals surface area contributed by atoms with Gasteiger partial charge in [0, 0.05) is 6.54 Å². The second-order valence-electron chi connectivity index (χ2n) is 7.77. The fourth-order valence-electron chi connectivity index (χ4n) is 3.42. The van der Waals surface area contributed by atoms with Gasteiger partial charge >= 0.3 is 0 Å². The summed E-state index contributed by atoms with van der Waals surface area (Å²) in [7, 11) is 0. The van der Waals surface area contributed by atoms with Gasteiger partial charge in [-0.2, -0.15) is 0 Å². The van der Waals surface area contributed by atoms with Gasteiger partial charge in [0.25, 0.3) is 0 Å². The van der Waals surface area contributed by atoms with Crippen LogP contribution in [0, 0.1) is 5.92 Å². The smallest absolute Gasteiger partial charge is 0.233 e. The Hall–Kier alpha value is -1.00. The summed E-state index contributed by atoms with van der Waals surface area (Å²) in [5, 5.41) is 3.61. The second kappa shape index (κ2) is 6.86. The van der Waals surface area contributed by atoms with Crippen molar-refractivity contribution in [3.05, 3.63) is 35.4 Å². The highest BCUT2D eigenvalue weighted by atomic mass is 32.2. The molecule has 2 aliphatic rings. The van der Waals surface area contributed by atoms with Crippen molar-refractivity contribution >= 4 is 17.7 Å². The number of rotatable bonds is 3. The van der Waals surface area contributed by atoms with Gasteiger partial charge < -0.3 is 10.2 Å². The average molecular weight is 333 g/mol. The zero-order chi connectivity index (χ0) is 16.4. The molecule has 0 bridgehead atoms. The molecule has 0 spiro atoms. The van der Waals surface area contributed by atoms with E-state index < -0.39 is 0 Å². The molecule has 2 saturated heterocycles. The van der Waals surface area contributed by atoms with Crippen molar-refractivity contribution in [2.45, 2.75) is 44.4 Å². The molecular formula is C19H28N2OS. The van der Waals surface area contributed by atoms with Crippen LogP contribution in [0.15, 0.2) is 24.3 Å². The van der Waals surface area contributed by atoms with Crippen molar-refractivity contribution < 1.29 is 4.79 Å². The van der Waals surface area contributed by atoms with E-state index in [1.54, 1.807) is 11.8 Å². The SMILES string of the molecule is CC(C)(C)c1ccc(C2SCC(=O)N2CC2CCNCC2)cc1.